The van der Waals surface area contributed by atoms with Crippen LogP contribution < -0.4 is 10.6 Å². The largest absolute Gasteiger partial charge is 0.378 e. The van der Waals surface area contributed by atoms with Crippen molar-refractivity contribution in [1.29, 1.82) is 0 Å². The van der Waals surface area contributed by atoms with E-state index in [4.69, 9.17) is 16.3 Å². The van der Waals surface area contributed by atoms with Crippen LogP contribution in [0.25, 0.3) is 0 Å². The van der Waals surface area contributed by atoms with Crippen molar-refractivity contribution in [2.45, 2.75) is 0 Å². The Labute approximate surface area is 157 Å². The summed E-state index contributed by atoms with van der Waals surface area (Å²) in [5.41, 5.74) is 1.90. The SMILES string of the molecule is O=C(CNc1cccc(Cl)c1)Nc1cccc(C(=O)N2CCOCC2)c1. The van der Waals surface area contributed by atoms with Crippen LogP contribution in [-0.4, -0.2) is 49.6 Å². The molecule has 1 heterocycles. The van der Waals surface area contributed by atoms with E-state index in [-0.39, 0.29) is 18.4 Å². The summed E-state index contributed by atoms with van der Waals surface area (Å²) < 4.78 is 5.27. The Bertz CT molecular complexity index is 791. The lowest BCUT2D eigenvalue weighted by molar-refractivity contribution is -0.114. The fourth-order valence-corrected chi connectivity index (χ4v) is 2.86. The lowest BCUT2D eigenvalue weighted by atomic mass is 10.1. The van der Waals surface area contributed by atoms with Gasteiger partial charge >= 0.3 is 0 Å². The number of morpholine rings is 1. The summed E-state index contributed by atoms with van der Waals surface area (Å²) in [6.45, 7) is 2.37. The lowest BCUT2D eigenvalue weighted by Gasteiger charge is -2.27. The summed E-state index contributed by atoms with van der Waals surface area (Å²) in [5.74, 6) is -0.262. The second-order valence-corrected chi connectivity index (χ2v) is 6.33. The van der Waals surface area contributed by atoms with Crippen LogP contribution in [0.4, 0.5) is 11.4 Å². The van der Waals surface area contributed by atoms with Crippen molar-refractivity contribution in [3.05, 3.63) is 59.1 Å². The van der Waals surface area contributed by atoms with E-state index in [1.165, 1.54) is 0 Å². The van der Waals surface area contributed by atoms with Crippen molar-refractivity contribution in [2.24, 2.45) is 0 Å². The molecule has 1 aliphatic heterocycles. The van der Waals surface area contributed by atoms with Crippen LogP contribution in [0.3, 0.4) is 0 Å². The molecular weight excluding hydrogens is 354 g/mol. The van der Waals surface area contributed by atoms with Crippen LogP contribution >= 0.6 is 11.6 Å². The number of carbonyl (C=O) groups excluding carboxylic acids is 2. The molecule has 0 radical (unpaired) electrons. The van der Waals surface area contributed by atoms with Gasteiger partial charge in [0.05, 0.1) is 19.8 Å². The van der Waals surface area contributed by atoms with E-state index in [0.717, 1.165) is 5.69 Å². The molecule has 3 rings (SSSR count). The van der Waals surface area contributed by atoms with E-state index in [2.05, 4.69) is 10.6 Å². The van der Waals surface area contributed by atoms with Gasteiger partial charge in [-0.3, -0.25) is 9.59 Å². The molecule has 1 fully saturated rings. The van der Waals surface area contributed by atoms with Crippen LogP contribution in [-0.2, 0) is 9.53 Å². The molecule has 0 aliphatic carbocycles. The minimum absolute atomic E-state index is 0.0542. The standard InChI is InChI=1S/C19H20ClN3O3/c20-15-4-2-5-16(12-15)21-13-18(24)22-17-6-1-3-14(11-17)19(25)23-7-9-26-10-8-23/h1-6,11-12,21H,7-10,13H2,(H,22,24). The molecule has 2 N–H and O–H groups in total. The van der Waals surface area contributed by atoms with E-state index in [1.54, 1.807) is 41.3 Å². The monoisotopic (exact) mass is 373 g/mol. The summed E-state index contributed by atoms with van der Waals surface area (Å²) in [5, 5.41) is 6.41. The quantitative estimate of drug-likeness (QED) is 0.845. The first-order valence-electron chi connectivity index (χ1n) is 8.38. The van der Waals surface area contributed by atoms with Gasteiger partial charge in [-0.2, -0.15) is 0 Å². The zero-order chi connectivity index (χ0) is 18.4. The van der Waals surface area contributed by atoms with Gasteiger partial charge in [-0.15, -0.1) is 0 Å². The summed E-state index contributed by atoms with van der Waals surface area (Å²) >= 11 is 5.92. The third-order valence-electron chi connectivity index (χ3n) is 3.97. The van der Waals surface area contributed by atoms with Crippen molar-refractivity contribution in [1.82, 2.24) is 4.90 Å². The van der Waals surface area contributed by atoms with Gasteiger partial charge in [0, 0.05) is 35.1 Å². The Hall–Kier alpha value is -2.57. The third-order valence-corrected chi connectivity index (χ3v) is 4.20. The second-order valence-electron chi connectivity index (χ2n) is 5.90. The molecule has 2 aromatic rings. The molecule has 0 aromatic heterocycles. The highest BCUT2D eigenvalue weighted by atomic mass is 35.5. The van der Waals surface area contributed by atoms with Crippen LogP contribution in [0.2, 0.25) is 5.02 Å². The Morgan fingerprint density at radius 3 is 2.54 bits per heavy atom. The zero-order valence-electron chi connectivity index (χ0n) is 14.2. The first-order valence-corrected chi connectivity index (χ1v) is 8.76. The maximum atomic E-state index is 12.5. The molecule has 7 heteroatoms. The topological polar surface area (TPSA) is 70.7 Å². The molecule has 136 valence electrons. The predicted molar refractivity (Wildman–Crippen MR) is 102 cm³/mol. The molecule has 0 saturated carbocycles. The Morgan fingerprint density at radius 1 is 1.04 bits per heavy atom. The maximum Gasteiger partial charge on any atom is 0.254 e. The van der Waals surface area contributed by atoms with Gasteiger partial charge in [0.2, 0.25) is 5.91 Å². The summed E-state index contributed by atoms with van der Waals surface area (Å²) in [4.78, 5) is 26.4. The lowest BCUT2D eigenvalue weighted by Crippen LogP contribution is -2.40. The van der Waals surface area contributed by atoms with Gasteiger partial charge < -0.3 is 20.3 Å². The van der Waals surface area contributed by atoms with Gasteiger partial charge in [-0.05, 0) is 36.4 Å². The zero-order valence-corrected chi connectivity index (χ0v) is 15.0. The molecule has 1 saturated heterocycles. The Balaban J connectivity index is 1.57. The number of hydrogen-bond acceptors (Lipinski definition) is 4. The average molecular weight is 374 g/mol. The Morgan fingerprint density at radius 2 is 1.77 bits per heavy atom. The summed E-state index contributed by atoms with van der Waals surface area (Å²) in [7, 11) is 0. The minimum Gasteiger partial charge on any atom is -0.378 e. The van der Waals surface area contributed by atoms with Crippen molar-refractivity contribution in [2.75, 3.05) is 43.5 Å². The highest BCUT2D eigenvalue weighted by molar-refractivity contribution is 6.30. The van der Waals surface area contributed by atoms with Gasteiger partial charge in [0.15, 0.2) is 0 Å². The average Bonchev–Trinajstić information content (AvgIpc) is 2.67. The van der Waals surface area contributed by atoms with Crippen molar-refractivity contribution in [3.63, 3.8) is 0 Å². The molecule has 6 nitrogen and oxygen atoms in total. The number of amides is 2. The highest BCUT2D eigenvalue weighted by Gasteiger charge is 2.18. The van der Waals surface area contributed by atoms with Crippen LogP contribution in [0, 0.1) is 0 Å². The fourth-order valence-electron chi connectivity index (χ4n) is 2.66. The van der Waals surface area contributed by atoms with Gasteiger partial charge in [0.25, 0.3) is 5.91 Å². The normalized spacial score (nSPS) is 14.0. The van der Waals surface area contributed by atoms with Crippen LogP contribution in [0.5, 0.6) is 0 Å². The maximum absolute atomic E-state index is 12.5. The van der Waals surface area contributed by atoms with Gasteiger partial charge in [-0.25, -0.2) is 0 Å². The number of hydrogen-bond donors (Lipinski definition) is 2. The molecule has 26 heavy (non-hydrogen) atoms. The molecule has 0 unspecified atom stereocenters. The molecule has 2 aromatic carbocycles. The smallest absolute Gasteiger partial charge is 0.254 e. The van der Waals surface area contributed by atoms with Crippen molar-refractivity contribution in [3.8, 4) is 0 Å². The van der Waals surface area contributed by atoms with E-state index in [0.29, 0.717) is 42.6 Å². The molecule has 1 aliphatic rings. The van der Waals surface area contributed by atoms with E-state index in [9.17, 15) is 9.59 Å². The van der Waals surface area contributed by atoms with E-state index in [1.807, 2.05) is 12.1 Å². The number of carbonyl (C=O) groups is 2. The Kier molecular flexibility index (Phi) is 6.09. The first kappa shape index (κ1) is 18.2. The minimum atomic E-state index is -0.207. The molecule has 0 spiro atoms. The van der Waals surface area contributed by atoms with Gasteiger partial charge in [-0.1, -0.05) is 23.7 Å². The fraction of sp³-hybridized carbons (Fsp3) is 0.263. The number of anilines is 2. The number of ether oxygens (including phenoxy) is 1. The number of nitrogens with zero attached hydrogens (tertiary/aromatic N) is 1. The summed E-state index contributed by atoms with van der Waals surface area (Å²) in [6, 6.07) is 14.1. The number of rotatable bonds is 5. The number of nitrogens with one attached hydrogen (secondary N) is 2. The second kappa shape index (κ2) is 8.69. The van der Waals surface area contributed by atoms with E-state index >= 15 is 0 Å². The molecule has 0 atom stereocenters. The first-order chi connectivity index (χ1) is 12.6. The molecule has 2 amide bonds. The van der Waals surface area contributed by atoms with Crippen molar-refractivity contribution >= 4 is 34.8 Å². The third kappa shape index (κ3) is 4.97. The molecular formula is C19H20ClN3O3. The van der Waals surface area contributed by atoms with Crippen LogP contribution in [0.1, 0.15) is 10.4 Å². The predicted octanol–water partition coefficient (Wildman–Crippen LogP) is 2.86. The van der Waals surface area contributed by atoms with Crippen LogP contribution in [0.15, 0.2) is 48.5 Å². The number of halogens is 1. The van der Waals surface area contributed by atoms with Gasteiger partial charge in [0.1, 0.15) is 0 Å². The highest BCUT2D eigenvalue weighted by Crippen LogP contribution is 2.16. The molecule has 0 bridgehead atoms. The van der Waals surface area contributed by atoms with E-state index < -0.39 is 0 Å². The van der Waals surface area contributed by atoms with Crippen molar-refractivity contribution < 1.29 is 14.3 Å². The summed E-state index contributed by atoms with van der Waals surface area (Å²) in [6.07, 6.45) is 0. The number of benzene rings is 2.